The Hall–Kier alpha value is -3.03. The average Bonchev–Trinajstić information content (AvgIpc) is 3.20. The van der Waals surface area contributed by atoms with Gasteiger partial charge in [0.15, 0.2) is 0 Å². The second-order valence-electron chi connectivity index (χ2n) is 8.88. The van der Waals surface area contributed by atoms with Crippen LogP contribution in [0.25, 0.3) is 33.1 Å². The second-order valence-corrected chi connectivity index (χ2v) is 12.3. The Morgan fingerprint density at radius 1 is 0.833 bits per heavy atom. The fourth-order valence-corrected chi connectivity index (χ4v) is 5.08. The van der Waals surface area contributed by atoms with Crippen molar-refractivity contribution in [2.45, 2.75) is 6.54 Å². The van der Waals surface area contributed by atoms with Crippen molar-refractivity contribution in [2.75, 3.05) is 38.7 Å². The van der Waals surface area contributed by atoms with Gasteiger partial charge in [-0.25, -0.2) is 8.42 Å². The molecule has 2 aromatic heterocycles. The molecule has 2 aromatic carbocycles. The highest BCUT2D eigenvalue weighted by Crippen LogP contribution is 2.25. The van der Waals surface area contributed by atoms with Crippen molar-refractivity contribution in [3.05, 3.63) is 70.5 Å². The molecule has 12 heteroatoms. The summed E-state index contributed by atoms with van der Waals surface area (Å²) < 4.78 is 50.8. The monoisotopic (exact) mass is 532 g/mol. The Labute approximate surface area is 209 Å². The fourth-order valence-electron chi connectivity index (χ4n) is 4.25. The first-order chi connectivity index (χ1) is 16.9. The highest BCUT2D eigenvalue weighted by Gasteiger charge is 2.23. The van der Waals surface area contributed by atoms with E-state index in [1.54, 1.807) is 0 Å². The first-order valence-electron chi connectivity index (χ1n) is 11.2. The van der Waals surface area contributed by atoms with Gasteiger partial charge in [-0.15, -0.1) is 0 Å². The minimum Gasteiger partial charge on any atom is -0.354 e. The SMILES string of the molecule is CS(=O)(=O)N1CCN(Cc2ccc3[nH]c(-c4cc5ccccc5[nH]c4=O)cc3c2)CC1.CS(=O)(=O)O. The highest BCUT2D eigenvalue weighted by molar-refractivity contribution is 7.88. The number of sulfonamides is 1. The minimum absolute atomic E-state index is 0.116. The minimum atomic E-state index is -3.67. The quantitative estimate of drug-likeness (QED) is 0.342. The van der Waals surface area contributed by atoms with E-state index in [4.69, 9.17) is 4.55 Å². The summed E-state index contributed by atoms with van der Waals surface area (Å²) in [5, 5.41) is 2.04. The second kappa shape index (κ2) is 10.1. The van der Waals surface area contributed by atoms with Crippen LogP contribution in [-0.4, -0.2) is 79.3 Å². The number of piperazine rings is 1. The molecule has 10 nitrogen and oxygen atoms in total. The van der Waals surface area contributed by atoms with Gasteiger partial charge in [-0.1, -0.05) is 24.3 Å². The van der Waals surface area contributed by atoms with Gasteiger partial charge in [0.25, 0.3) is 15.7 Å². The normalized spacial score (nSPS) is 15.6. The smallest absolute Gasteiger partial charge is 0.261 e. The molecule has 0 spiro atoms. The van der Waals surface area contributed by atoms with Crippen LogP contribution in [0, 0.1) is 0 Å². The number of rotatable bonds is 4. The van der Waals surface area contributed by atoms with E-state index in [9.17, 15) is 21.6 Å². The summed E-state index contributed by atoms with van der Waals surface area (Å²) in [4.78, 5) is 21.2. The van der Waals surface area contributed by atoms with Gasteiger partial charge < -0.3 is 9.97 Å². The molecule has 5 rings (SSSR count). The number of hydrogen-bond acceptors (Lipinski definition) is 6. The van der Waals surface area contributed by atoms with Crippen LogP contribution in [0.5, 0.6) is 0 Å². The van der Waals surface area contributed by atoms with Crippen molar-refractivity contribution < 1.29 is 21.4 Å². The molecule has 1 saturated heterocycles. The van der Waals surface area contributed by atoms with Crippen molar-refractivity contribution in [3.63, 3.8) is 0 Å². The van der Waals surface area contributed by atoms with E-state index in [0.29, 0.717) is 24.9 Å². The number of benzene rings is 2. The van der Waals surface area contributed by atoms with E-state index >= 15 is 0 Å². The Bertz CT molecular complexity index is 1660. The van der Waals surface area contributed by atoms with Gasteiger partial charge in [0, 0.05) is 49.1 Å². The van der Waals surface area contributed by atoms with Crippen LogP contribution in [0.4, 0.5) is 0 Å². The number of aromatic nitrogens is 2. The zero-order chi connectivity index (χ0) is 26.1. The summed E-state index contributed by atoms with van der Waals surface area (Å²) in [6, 6.07) is 17.9. The molecule has 4 aromatic rings. The number of H-pyrrole nitrogens is 2. The summed E-state index contributed by atoms with van der Waals surface area (Å²) >= 11 is 0. The van der Waals surface area contributed by atoms with Crippen molar-refractivity contribution >= 4 is 41.9 Å². The first kappa shape index (κ1) is 26.0. The number of para-hydroxylation sites is 1. The van der Waals surface area contributed by atoms with Crippen molar-refractivity contribution in [1.82, 2.24) is 19.2 Å². The number of hydrogen-bond donors (Lipinski definition) is 3. The van der Waals surface area contributed by atoms with Gasteiger partial charge in [-0.2, -0.15) is 12.7 Å². The molecule has 3 N–H and O–H groups in total. The number of fused-ring (bicyclic) bond motifs is 2. The standard InChI is InChI=1S/C23H24N4O3S.CH4O3S/c1-31(29,30)27-10-8-26(9-11-27)15-16-6-7-21-18(12-16)14-22(24-21)19-13-17-4-2-3-5-20(17)25-23(19)28;1-5(2,3)4/h2-7,12-14,24H,8-11,15H2,1H3,(H,25,28);1H3,(H,2,3,4). The van der Waals surface area contributed by atoms with E-state index in [-0.39, 0.29) is 5.56 Å². The molecule has 36 heavy (non-hydrogen) atoms. The Balaban J connectivity index is 0.000000556. The van der Waals surface area contributed by atoms with E-state index in [0.717, 1.165) is 47.1 Å². The molecule has 0 atom stereocenters. The maximum atomic E-state index is 12.6. The van der Waals surface area contributed by atoms with Crippen LogP contribution in [0.2, 0.25) is 0 Å². The number of nitrogens with zero attached hydrogens (tertiary/aromatic N) is 2. The Kier molecular flexibility index (Phi) is 7.34. The maximum Gasteiger partial charge on any atom is 0.261 e. The van der Waals surface area contributed by atoms with Crippen LogP contribution < -0.4 is 5.56 Å². The molecular weight excluding hydrogens is 504 g/mol. The lowest BCUT2D eigenvalue weighted by Crippen LogP contribution is -2.47. The predicted molar refractivity (Wildman–Crippen MR) is 141 cm³/mol. The molecule has 0 bridgehead atoms. The lowest BCUT2D eigenvalue weighted by atomic mass is 10.1. The van der Waals surface area contributed by atoms with Crippen molar-refractivity contribution in [2.24, 2.45) is 0 Å². The predicted octanol–water partition coefficient (Wildman–Crippen LogP) is 2.26. The molecule has 0 aliphatic carbocycles. The summed E-state index contributed by atoms with van der Waals surface area (Å²) in [5.41, 5.74) is 4.26. The van der Waals surface area contributed by atoms with Crippen LogP contribution in [-0.2, 0) is 26.7 Å². The largest absolute Gasteiger partial charge is 0.354 e. The number of aromatic amines is 2. The molecule has 192 valence electrons. The van der Waals surface area contributed by atoms with Gasteiger partial charge in [0.05, 0.1) is 23.8 Å². The molecule has 3 heterocycles. The average molecular weight is 533 g/mol. The Morgan fingerprint density at radius 3 is 2.14 bits per heavy atom. The molecule has 0 saturated carbocycles. The van der Waals surface area contributed by atoms with E-state index < -0.39 is 20.1 Å². The molecule has 0 amide bonds. The van der Waals surface area contributed by atoms with Gasteiger partial charge in [0.1, 0.15) is 0 Å². The van der Waals surface area contributed by atoms with Gasteiger partial charge >= 0.3 is 0 Å². The molecule has 1 aliphatic rings. The zero-order valence-corrected chi connectivity index (χ0v) is 21.6. The Morgan fingerprint density at radius 2 is 1.47 bits per heavy atom. The summed E-state index contributed by atoms with van der Waals surface area (Å²) in [7, 11) is -6.78. The van der Waals surface area contributed by atoms with Crippen LogP contribution in [0.15, 0.2) is 59.4 Å². The maximum absolute atomic E-state index is 12.6. The van der Waals surface area contributed by atoms with E-state index in [1.165, 1.54) is 16.1 Å². The van der Waals surface area contributed by atoms with Gasteiger partial charge in [0.2, 0.25) is 10.0 Å². The first-order valence-corrected chi connectivity index (χ1v) is 14.9. The van der Waals surface area contributed by atoms with E-state index in [1.807, 2.05) is 42.5 Å². The van der Waals surface area contributed by atoms with Crippen LogP contribution >= 0.6 is 0 Å². The summed E-state index contributed by atoms with van der Waals surface area (Å²) in [6.45, 7) is 3.26. The zero-order valence-electron chi connectivity index (χ0n) is 19.9. The number of pyridine rings is 1. The molecule has 0 radical (unpaired) electrons. The molecule has 1 fully saturated rings. The van der Waals surface area contributed by atoms with Crippen molar-refractivity contribution in [1.29, 1.82) is 0 Å². The summed E-state index contributed by atoms with van der Waals surface area (Å²) in [5.74, 6) is 0. The van der Waals surface area contributed by atoms with Crippen LogP contribution in [0.1, 0.15) is 5.56 Å². The van der Waals surface area contributed by atoms with Crippen LogP contribution in [0.3, 0.4) is 0 Å². The van der Waals surface area contributed by atoms with Crippen molar-refractivity contribution in [3.8, 4) is 11.3 Å². The van der Waals surface area contributed by atoms with Gasteiger partial charge in [-0.3, -0.25) is 14.2 Å². The third kappa shape index (κ3) is 6.59. The third-order valence-corrected chi connectivity index (χ3v) is 7.24. The lowest BCUT2D eigenvalue weighted by Gasteiger charge is -2.33. The molecule has 1 aliphatic heterocycles. The molecular formula is C24H28N4O6S2. The summed E-state index contributed by atoms with van der Waals surface area (Å²) in [6.07, 6.45) is 1.98. The van der Waals surface area contributed by atoms with Gasteiger partial charge in [-0.05, 0) is 41.3 Å². The lowest BCUT2D eigenvalue weighted by molar-refractivity contribution is 0.182. The fraction of sp³-hybridized carbons (Fsp3) is 0.292. The molecule has 0 unspecified atom stereocenters. The highest BCUT2D eigenvalue weighted by atomic mass is 32.2. The third-order valence-electron chi connectivity index (χ3n) is 5.94. The topological polar surface area (TPSA) is 144 Å². The number of nitrogens with one attached hydrogen (secondary N) is 2. The van der Waals surface area contributed by atoms with E-state index in [2.05, 4.69) is 27.0 Å².